The van der Waals surface area contributed by atoms with Crippen molar-refractivity contribution in [2.45, 2.75) is 24.7 Å². The zero-order chi connectivity index (χ0) is 12.7. The fraction of sp³-hybridized carbons (Fsp3) is 0.417. The first-order valence-corrected chi connectivity index (χ1v) is 6.96. The van der Waals surface area contributed by atoms with Crippen LogP contribution in [-0.4, -0.2) is 22.4 Å². The highest BCUT2D eigenvalue weighted by atomic mass is 32.2. The number of hydrogen-bond donors (Lipinski definition) is 2. The first kappa shape index (κ1) is 13.7. The average molecular weight is 254 g/mol. The maximum Gasteiger partial charge on any atom is 0.232 e. The Balaban J connectivity index is 2.43. The van der Waals surface area contributed by atoms with E-state index >= 15 is 0 Å². The third-order valence-corrected chi connectivity index (χ3v) is 3.58. The number of nitrogens with one attached hydrogen (secondary N) is 1. The summed E-state index contributed by atoms with van der Waals surface area (Å²) >= 11 is 0. The van der Waals surface area contributed by atoms with Gasteiger partial charge >= 0.3 is 0 Å². The first-order chi connectivity index (χ1) is 8.13. The summed E-state index contributed by atoms with van der Waals surface area (Å²) < 4.78 is 11.8. The van der Waals surface area contributed by atoms with E-state index < -0.39 is 10.8 Å². The smallest absolute Gasteiger partial charge is 0.232 e. The van der Waals surface area contributed by atoms with Crippen LogP contribution in [0, 0.1) is 0 Å². The zero-order valence-corrected chi connectivity index (χ0v) is 10.8. The predicted octanol–water partition coefficient (Wildman–Crippen LogP) is 1.29. The van der Waals surface area contributed by atoms with Gasteiger partial charge in [-0.3, -0.25) is 9.00 Å². The quantitative estimate of drug-likeness (QED) is 0.593. The van der Waals surface area contributed by atoms with Crippen molar-refractivity contribution in [3.63, 3.8) is 0 Å². The molecule has 0 fully saturated rings. The maximum atomic E-state index is 11.8. The van der Waals surface area contributed by atoms with Gasteiger partial charge in [-0.25, -0.2) is 0 Å². The fourth-order valence-corrected chi connectivity index (χ4v) is 2.22. The van der Waals surface area contributed by atoms with E-state index in [1.165, 1.54) is 0 Å². The van der Waals surface area contributed by atoms with Gasteiger partial charge in [-0.1, -0.05) is 13.3 Å². The molecule has 0 aromatic heterocycles. The highest BCUT2D eigenvalue weighted by Gasteiger charge is 2.09. The minimum Gasteiger partial charge on any atom is -0.399 e. The fourth-order valence-electron chi connectivity index (χ4n) is 1.28. The summed E-state index contributed by atoms with van der Waals surface area (Å²) in [5.74, 6) is -0.165. The molecule has 1 atom stereocenters. The van der Waals surface area contributed by atoms with Gasteiger partial charge in [0.25, 0.3) is 0 Å². The highest BCUT2D eigenvalue weighted by Crippen LogP contribution is 2.09. The van der Waals surface area contributed by atoms with E-state index in [1.807, 2.05) is 0 Å². The number of anilines is 1. The zero-order valence-electron chi connectivity index (χ0n) is 9.94. The van der Waals surface area contributed by atoms with Gasteiger partial charge in [-0.05, 0) is 30.7 Å². The number of carbonyl (C=O) groups is 1. The SMILES string of the molecule is CCCCNC(=O)CS(=O)c1ccc(N)cc1. The van der Waals surface area contributed by atoms with Crippen molar-refractivity contribution in [2.24, 2.45) is 0 Å². The van der Waals surface area contributed by atoms with E-state index in [9.17, 15) is 9.00 Å². The van der Waals surface area contributed by atoms with Gasteiger partial charge in [-0.15, -0.1) is 0 Å². The molecule has 4 nitrogen and oxygen atoms in total. The molecule has 17 heavy (non-hydrogen) atoms. The van der Waals surface area contributed by atoms with Crippen LogP contribution in [0.25, 0.3) is 0 Å². The molecule has 0 aliphatic carbocycles. The van der Waals surface area contributed by atoms with Gasteiger partial charge in [0.1, 0.15) is 5.75 Å². The van der Waals surface area contributed by atoms with E-state index in [0.717, 1.165) is 12.8 Å². The molecule has 1 unspecified atom stereocenters. The number of benzene rings is 1. The lowest BCUT2D eigenvalue weighted by molar-refractivity contribution is -0.118. The molecule has 0 saturated carbocycles. The van der Waals surface area contributed by atoms with Crippen LogP contribution in [0.3, 0.4) is 0 Å². The van der Waals surface area contributed by atoms with Crippen LogP contribution in [0.4, 0.5) is 5.69 Å². The summed E-state index contributed by atoms with van der Waals surface area (Å²) in [6.45, 7) is 2.70. The molecule has 5 heteroatoms. The first-order valence-electron chi connectivity index (χ1n) is 5.64. The molecule has 1 aromatic carbocycles. The van der Waals surface area contributed by atoms with E-state index in [2.05, 4.69) is 12.2 Å². The number of hydrogen-bond acceptors (Lipinski definition) is 3. The Labute approximate surface area is 104 Å². The van der Waals surface area contributed by atoms with Crippen LogP contribution in [-0.2, 0) is 15.6 Å². The van der Waals surface area contributed by atoms with Crippen LogP contribution in [0.2, 0.25) is 0 Å². The van der Waals surface area contributed by atoms with Crippen molar-refractivity contribution in [1.82, 2.24) is 5.32 Å². The van der Waals surface area contributed by atoms with Gasteiger partial charge in [0.2, 0.25) is 5.91 Å². The number of carbonyl (C=O) groups excluding carboxylic acids is 1. The van der Waals surface area contributed by atoms with Crippen molar-refractivity contribution >= 4 is 22.4 Å². The van der Waals surface area contributed by atoms with Crippen LogP contribution >= 0.6 is 0 Å². The van der Waals surface area contributed by atoms with Gasteiger partial charge in [0.15, 0.2) is 0 Å². The predicted molar refractivity (Wildman–Crippen MR) is 70.0 cm³/mol. The van der Waals surface area contributed by atoms with E-state index in [1.54, 1.807) is 24.3 Å². The van der Waals surface area contributed by atoms with Crippen molar-refractivity contribution in [3.8, 4) is 0 Å². The maximum absolute atomic E-state index is 11.8. The Hall–Kier alpha value is -1.36. The van der Waals surface area contributed by atoms with Crippen LogP contribution in [0.15, 0.2) is 29.2 Å². The molecule has 1 amide bonds. The number of unbranched alkanes of at least 4 members (excludes halogenated alkanes) is 1. The van der Waals surface area contributed by atoms with Crippen molar-refractivity contribution < 1.29 is 9.00 Å². The molecule has 0 spiro atoms. The number of amides is 1. The highest BCUT2D eigenvalue weighted by molar-refractivity contribution is 7.85. The minimum absolute atomic E-state index is 0.00757. The molecule has 0 bridgehead atoms. The summed E-state index contributed by atoms with van der Waals surface area (Å²) in [6.07, 6.45) is 1.97. The summed E-state index contributed by atoms with van der Waals surface area (Å²) in [7, 11) is -1.29. The van der Waals surface area contributed by atoms with Crippen molar-refractivity contribution in [2.75, 3.05) is 18.0 Å². The molecular weight excluding hydrogens is 236 g/mol. The summed E-state index contributed by atoms with van der Waals surface area (Å²) in [4.78, 5) is 12.1. The standard InChI is InChI=1S/C12H18N2O2S/c1-2-3-8-14-12(15)9-17(16)11-6-4-10(13)5-7-11/h4-7H,2-3,8-9,13H2,1H3,(H,14,15). The molecular formula is C12H18N2O2S. The number of rotatable bonds is 6. The Morgan fingerprint density at radius 3 is 2.59 bits per heavy atom. The van der Waals surface area contributed by atoms with Crippen molar-refractivity contribution in [3.05, 3.63) is 24.3 Å². The van der Waals surface area contributed by atoms with Crippen molar-refractivity contribution in [1.29, 1.82) is 0 Å². The topological polar surface area (TPSA) is 72.2 Å². The Morgan fingerprint density at radius 1 is 1.35 bits per heavy atom. The Morgan fingerprint density at radius 2 is 2.00 bits per heavy atom. The molecule has 0 heterocycles. The normalized spacial score (nSPS) is 12.1. The van der Waals surface area contributed by atoms with E-state index in [-0.39, 0.29) is 11.7 Å². The summed E-state index contributed by atoms with van der Waals surface area (Å²) in [5.41, 5.74) is 6.15. The molecule has 0 saturated heterocycles. The van der Waals surface area contributed by atoms with E-state index in [0.29, 0.717) is 17.1 Å². The number of nitrogen functional groups attached to an aromatic ring is 1. The third-order valence-electron chi connectivity index (χ3n) is 2.26. The summed E-state index contributed by atoms with van der Waals surface area (Å²) in [6, 6.07) is 6.74. The number of nitrogens with two attached hydrogens (primary N) is 1. The second-order valence-electron chi connectivity index (χ2n) is 3.76. The molecule has 3 N–H and O–H groups in total. The molecule has 0 aliphatic rings. The third kappa shape index (κ3) is 4.99. The second-order valence-corrected chi connectivity index (χ2v) is 5.21. The largest absolute Gasteiger partial charge is 0.399 e. The second kappa shape index (κ2) is 7.06. The van der Waals surface area contributed by atoms with E-state index in [4.69, 9.17) is 5.73 Å². The minimum atomic E-state index is -1.29. The molecule has 94 valence electrons. The lowest BCUT2D eigenvalue weighted by Crippen LogP contribution is -2.29. The lowest BCUT2D eigenvalue weighted by atomic mass is 10.3. The van der Waals surface area contributed by atoms with Crippen LogP contribution in [0.1, 0.15) is 19.8 Å². The lowest BCUT2D eigenvalue weighted by Gasteiger charge is -2.04. The monoisotopic (exact) mass is 254 g/mol. The Bertz CT molecular complexity index is 390. The molecule has 1 rings (SSSR count). The van der Waals surface area contributed by atoms with Gasteiger partial charge < -0.3 is 11.1 Å². The molecule has 0 aliphatic heterocycles. The van der Waals surface area contributed by atoms with Crippen LogP contribution in [0.5, 0.6) is 0 Å². The van der Waals surface area contributed by atoms with Gasteiger partial charge in [0.05, 0.1) is 10.8 Å². The van der Waals surface area contributed by atoms with Gasteiger partial charge in [-0.2, -0.15) is 0 Å². The molecule has 0 radical (unpaired) electrons. The summed E-state index contributed by atoms with van der Waals surface area (Å²) in [5, 5.41) is 2.74. The van der Waals surface area contributed by atoms with Gasteiger partial charge in [0, 0.05) is 17.1 Å². The Kier molecular flexibility index (Phi) is 5.69. The molecule has 1 aromatic rings. The average Bonchev–Trinajstić information content (AvgIpc) is 2.30. The van der Waals surface area contributed by atoms with Crippen LogP contribution < -0.4 is 11.1 Å².